The third kappa shape index (κ3) is 3.69. The summed E-state index contributed by atoms with van der Waals surface area (Å²) in [5.41, 5.74) is 5.68. The van der Waals surface area contributed by atoms with E-state index >= 15 is 0 Å². The maximum absolute atomic E-state index is 13.0. The van der Waals surface area contributed by atoms with Gasteiger partial charge in [0.05, 0.1) is 5.41 Å². The zero-order chi connectivity index (χ0) is 14.5. The molecule has 4 heteroatoms. The molecular weight excluding hydrogens is 238 g/mol. The van der Waals surface area contributed by atoms with Crippen LogP contribution in [-0.4, -0.2) is 55.0 Å². The first kappa shape index (κ1) is 16.4. The minimum Gasteiger partial charge on any atom is -0.337 e. The predicted molar refractivity (Wildman–Crippen MR) is 80.0 cm³/mol. The van der Waals surface area contributed by atoms with Crippen LogP contribution in [0.4, 0.5) is 0 Å². The summed E-state index contributed by atoms with van der Waals surface area (Å²) in [6, 6.07) is 0.297. The van der Waals surface area contributed by atoms with Crippen LogP contribution in [0.5, 0.6) is 0 Å². The lowest BCUT2D eigenvalue weighted by atomic mass is 9.77. The summed E-state index contributed by atoms with van der Waals surface area (Å²) in [6.07, 6.45) is 3.86. The van der Waals surface area contributed by atoms with Gasteiger partial charge >= 0.3 is 0 Å². The van der Waals surface area contributed by atoms with E-state index in [-0.39, 0.29) is 5.41 Å². The maximum atomic E-state index is 13.0. The highest BCUT2D eigenvalue weighted by atomic mass is 16.2. The maximum Gasteiger partial charge on any atom is 0.230 e. The van der Waals surface area contributed by atoms with Crippen molar-refractivity contribution in [3.63, 3.8) is 0 Å². The topological polar surface area (TPSA) is 49.6 Å². The molecule has 0 saturated carbocycles. The van der Waals surface area contributed by atoms with Crippen LogP contribution >= 0.6 is 0 Å². The van der Waals surface area contributed by atoms with E-state index < -0.39 is 0 Å². The van der Waals surface area contributed by atoms with Gasteiger partial charge in [-0.3, -0.25) is 4.79 Å². The number of carbonyl (C=O) groups is 1. The Hall–Kier alpha value is -0.610. The Kier molecular flexibility index (Phi) is 6.27. The smallest absolute Gasteiger partial charge is 0.230 e. The van der Waals surface area contributed by atoms with Crippen molar-refractivity contribution in [3.05, 3.63) is 0 Å². The number of likely N-dealkylation sites (N-methyl/N-ethyl adjacent to an activating group) is 1. The number of hydrogen-bond acceptors (Lipinski definition) is 3. The van der Waals surface area contributed by atoms with Crippen molar-refractivity contribution in [1.29, 1.82) is 0 Å². The van der Waals surface area contributed by atoms with Crippen molar-refractivity contribution in [3.8, 4) is 0 Å². The molecule has 1 amide bonds. The highest BCUT2D eigenvalue weighted by molar-refractivity contribution is 5.83. The van der Waals surface area contributed by atoms with E-state index in [2.05, 4.69) is 37.6 Å². The second-order valence-electron chi connectivity index (χ2n) is 6.09. The molecule has 1 aliphatic heterocycles. The lowest BCUT2D eigenvalue weighted by molar-refractivity contribution is -0.147. The van der Waals surface area contributed by atoms with Gasteiger partial charge in [-0.25, -0.2) is 0 Å². The van der Waals surface area contributed by atoms with E-state index in [1.54, 1.807) is 0 Å². The number of nitrogens with zero attached hydrogens (tertiary/aromatic N) is 2. The molecule has 0 aromatic carbocycles. The Morgan fingerprint density at radius 1 is 1.26 bits per heavy atom. The number of hydrogen-bond donors (Lipinski definition) is 1. The molecule has 19 heavy (non-hydrogen) atoms. The van der Waals surface area contributed by atoms with Crippen LogP contribution in [0.2, 0.25) is 0 Å². The molecule has 2 N–H and O–H groups in total. The molecule has 1 saturated heterocycles. The Morgan fingerprint density at radius 3 is 2.26 bits per heavy atom. The highest BCUT2D eigenvalue weighted by Gasteiger charge is 2.40. The third-order valence-corrected chi connectivity index (χ3v) is 4.39. The van der Waals surface area contributed by atoms with E-state index in [0.717, 1.165) is 45.3 Å². The van der Waals surface area contributed by atoms with Gasteiger partial charge in [-0.15, -0.1) is 0 Å². The first-order valence-corrected chi connectivity index (χ1v) is 7.70. The van der Waals surface area contributed by atoms with Crippen LogP contribution in [-0.2, 0) is 4.79 Å². The van der Waals surface area contributed by atoms with Gasteiger partial charge < -0.3 is 15.5 Å². The standard InChI is InChI=1S/C15H31N3O/c1-5-7-15(12-16,8-6-2)14(19)18-10-9-17(4)11-13(18)3/h13H,5-12,16H2,1-4H3. The fourth-order valence-electron chi connectivity index (χ4n) is 3.33. The van der Waals surface area contributed by atoms with Crippen LogP contribution in [0.25, 0.3) is 0 Å². The number of nitrogens with two attached hydrogens (primary N) is 1. The molecule has 0 aliphatic carbocycles. The lowest BCUT2D eigenvalue weighted by Crippen LogP contribution is -2.58. The minimum atomic E-state index is -0.326. The molecule has 4 nitrogen and oxygen atoms in total. The van der Waals surface area contributed by atoms with E-state index in [1.165, 1.54) is 0 Å². The molecule has 0 aromatic rings. The molecule has 0 aromatic heterocycles. The second-order valence-corrected chi connectivity index (χ2v) is 6.09. The van der Waals surface area contributed by atoms with E-state index in [9.17, 15) is 4.79 Å². The third-order valence-electron chi connectivity index (χ3n) is 4.39. The highest BCUT2D eigenvalue weighted by Crippen LogP contribution is 2.32. The molecule has 1 heterocycles. The Balaban J connectivity index is 2.86. The van der Waals surface area contributed by atoms with Gasteiger partial charge in [0.1, 0.15) is 0 Å². The van der Waals surface area contributed by atoms with Gasteiger partial charge in [0.15, 0.2) is 0 Å². The van der Waals surface area contributed by atoms with Crippen molar-refractivity contribution in [2.45, 2.75) is 52.5 Å². The van der Waals surface area contributed by atoms with Gasteiger partial charge in [-0.05, 0) is 26.8 Å². The molecule has 1 rings (SSSR count). The van der Waals surface area contributed by atoms with Crippen LogP contribution in [0.15, 0.2) is 0 Å². The molecule has 0 radical (unpaired) electrons. The van der Waals surface area contributed by atoms with Crippen LogP contribution in [0, 0.1) is 5.41 Å². The summed E-state index contributed by atoms with van der Waals surface area (Å²) in [4.78, 5) is 17.3. The number of piperazine rings is 1. The molecule has 112 valence electrons. The SMILES string of the molecule is CCCC(CN)(CCC)C(=O)N1CCN(C)CC1C. The monoisotopic (exact) mass is 269 g/mol. The first-order valence-electron chi connectivity index (χ1n) is 7.70. The van der Waals surface area contributed by atoms with E-state index in [1.807, 2.05) is 0 Å². The van der Waals surface area contributed by atoms with Crippen molar-refractivity contribution in [1.82, 2.24) is 9.80 Å². The van der Waals surface area contributed by atoms with Crippen LogP contribution in [0.3, 0.4) is 0 Å². The fraction of sp³-hybridized carbons (Fsp3) is 0.933. The average Bonchev–Trinajstić information content (AvgIpc) is 2.37. The largest absolute Gasteiger partial charge is 0.337 e. The predicted octanol–water partition coefficient (Wildman–Crippen LogP) is 1.69. The number of carbonyl (C=O) groups excluding carboxylic acids is 1. The van der Waals surface area contributed by atoms with Crippen LogP contribution in [0.1, 0.15) is 46.5 Å². The van der Waals surface area contributed by atoms with Gasteiger partial charge in [0.25, 0.3) is 0 Å². The Morgan fingerprint density at radius 2 is 1.84 bits per heavy atom. The summed E-state index contributed by atoms with van der Waals surface area (Å²) in [7, 11) is 2.12. The summed E-state index contributed by atoms with van der Waals surface area (Å²) < 4.78 is 0. The first-order chi connectivity index (χ1) is 9.00. The molecule has 1 atom stereocenters. The Bertz CT molecular complexity index is 287. The number of rotatable bonds is 6. The van der Waals surface area contributed by atoms with Crippen molar-refractivity contribution >= 4 is 5.91 Å². The van der Waals surface area contributed by atoms with E-state index in [0.29, 0.717) is 18.5 Å². The normalized spacial score (nSPS) is 21.7. The fourth-order valence-corrected chi connectivity index (χ4v) is 3.33. The second kappa shape index (κ2) is 7.25. The summed E-state index contributed by atoms with van der Waals surface area (Å²) in [5.74, 6) is 0.291. The molecular formula is C15H31N3O. The van der Waals surface area contributed by atoms with Gasteiger partial charge in [0.2, 0.25) is 5.91 Å². The van der Waals surface area contributed by atoms with Gasteiger partial charge in [0, 0.05) is 32.2 Å². The summed E-state index contributed by atoms with van der Waals surface area (Å²) in [6.45, 7) is 9.67. The zero-order valence-electron chi connectivity index (χ0n) is 13.1. The lowest BCUT2D eigenvalue weighted by Gasteiger charge is -2.43. The molecule has 1 unspecified atom stereocenters. The molecule has 0 spiro atoms. The van der Waals surface area contributed by atoms with Crippen LogP contribution < -0.4 is 5.73 Å². The molecule has 1 fully saturated rings. The average molecular weight is 269 g/mol. The van der Waals surface area contributed by atoms with E-state index in [4.69, 9.17) is 5.73 Å². The van der Waals surface area contributed by atoms with Gasteiger partial charge in [-0.2, -0.15) is 0 Å². The minimum absolute atomic E-state index is 0.291. The van der Waals surface area contributed by atoms with Crippen molar-refractivity contribution in [2.24, 2.45) is 11.1 Å². The van der Waals surface area contributed by atoms with Crippen molar-refractivity contribution < 1.29 is 4.79 Å². The van der Waals surface area contributed by atoms with Crippen molar-refractivity contribution in [2.75, 3.05) is 33.2 Å². The van der Waals surface area contributed by atoms with Gasteiger partial charge in [-0.1, -0.05) is 26.7 Å². The zero-order valence-corrected chi connectivity index (χ0v) is 13.1. The summed E-state index contributed by atoms with van der Waals surface area (Å²) in [5, 5.41) is 0. The molecule has 1 aliphatic rings. The number of amides is 1. The quantitative estimate of drug-likeness (QED) is 0.798. The summed E-state index contributed by atoms with van der Waals surface area (Å²) >= 11 is 0. The molecule has 0 bridgehead atoms. The Labute approximate surface area is 118 Å².